The normalized spacial score (nSPS) is 20.8. The second-order valence-corrected chi connectivity index (χ2v) is 6.16. The molecule has 1 saturated heterocycles. The van der Waals surface area contributed by atoms with Gasteiger partial charge in [-0.25, -0.2) is 4.98 Å². The summed E-state index contributed by atoms with van der Waals surface area (Å²) in [5.41, 5.74) is 1.26. The third-order valence-corrected chi connectivity index (χ3v) is 4.03. The van der Waals surface area contributed by atoms with Gasteiger partial charge >= 0.3 is 0 Å². The predicted molar refractivity (Wildman–Crippen MR) is 90.5 cm³/mol. The van der Waals surface area contributed by atoms with E-state index in [9.17, 15) is 9.59 Å². The third kappa shape index (κ3) is 3.71. The van der Waals surface area contributed by atoms with Crippen molar-refractivity contribution in [2.45, 2.75) is 32.6 Å². The number of amides is 1. The Morgan fingerprint density at radius 1 is 1.21 bits per heavy atom. The Bertz CT molecular complexity index is 763. The maximum absolute atomic E-state index is 12.4. The molecule has 0 saturated carbocycles. The van der Waals surface area contributed by atoms with Gasteiger partial charge < -0.3 is 9.64 Å². The Hall–Kier alpha value is -2.47. The van der Waals surface area contributed by atoms with Crippen LogP contribution in [0.1, 0.15) is 13.8 Å². The maximum atomic E-state index is 12.4. The van der Waals surface area contributed by atoms with Gasteiger partial charge in [-0.15, -0.1) is 0 Å². The summed E-state index contributed by atoms with van der Waals surface area (Å²) in [6.07, 6.45) is 1.46. The van der Waals surface area contributed by atoms with Gasteiger partial charge in [0.1, 0.15) is 6.54 Å². The summed E-state index contributed by atoms with van der Waals surface area (Å²) in [5.74, 6) is -0.0895. The fourth-order valence-electron chi connectivity index (χ4n) is 2.94. The van der Waals surface area contributed by atoms with Gasteiger partial charge in [0.05, 0.1) is 24.2 Å². The number of aromatic nitrogens is 2. The lowest BCUT2D eigenvalue weighted by atomic mass is 10.1. The molecule has 6 heteroatoms. The summed E-state index contributed by atoms with van der Waals surface area (Å²) >= 11 is 0. The summed E-state index contributed by atoms with van der Waals surface area (Å²) < 4.78 is 6.98. The highest BCUT2D eigenvalue weighted by Crippen LogP contribution is 2.14. The molecule has 24 heavy (non-hydrogen) atoms. The van der Waals surface area contributed by atoms with E-state index < -0.39 is 0 Å². The highest BCUT2D eigenvalue weighted by atomic mass is 16.5. The zero-order chi connectivity index (χ0) is 17.1. The molecule has 1 aromatic heterocycles. The first-order valence-electron chi connectivity index (χ1n) is 8.08. The van der Waals surface area contributed by atoms with E-state index in [0.29, 0.717) is 18.8 Å². The smallest absolute Gasteiger partial charge is 0.254 e. The summed E-state index contributed by atoms with van der Waals surface area (Å²) in [6.45, 7) is 4.98. The average molecular weight is 327 g/mol. The molecule has 1 aliphatic heterocycles. The Morgan fingerprint density at radius 3 is 2.50 bits per heavy atom. The van der Waals surface area contributed by atoms with Crippen molar-refractivity contribution in [1.82, 2.24) is 14.5 Å². The summed E-state index contributed by atoms with van der Waals surface area (Å²) in [7, 11) is 0. The maximum Gasteiger partial charge on any atom is 0.254 e. The van der Waals surface area contributed by atoms with Crippen molar-refractivity contribution >= 4 is 5.91 Å². The molecule has 0 bridgehead atoms. The molecule has 3 rings (SSSR count). The zero-order valence-electron chi connectivity index (χ0n) is 13.9. The number of carbonyl (C=O) groups is 1. The van der Waals surface area contributed by atoms with Crippen molar-refractivity contribution in [3.05, 3.63) is 53.1 Å². The predicted octanol–water partition coefficient (Wildman–Crippen LogP) is 1.55. The molecular weight excluding hydrogens is 306 g/mol. The van der Waals surface area contributed by atoms with E-state index in [1.165, 1.54) is 17.0 Å². The summed E-state index contributed by atoms with van der Waals surface area (Å²) in [5, 5.41) is 0. The van der Waals surface area contributed by atoms with Gasteiger partial charge in [-0.2, -0.15) is 0 Å². The molecule has 2 heterocycles. The van der Waals surface area contributed by atoms with Crippen LogP contribution in [0.15, 0.2) is 47.5 Å². The molecule has 126 valence electrons. The quantitative estimate of drug-likeness (QED) is 0.858. The first-order valence-corrected chi connectivity index (χ1v) is 8.08. The molecule has 0 N–H and O–H groups in total. The summed E-state index contributed by atoms with van der Waals surface area (Å²) in [4.78, 5) is 30.8. The minimum absolute atomic E-state index is 0.000340. The van der Waals surface area contributed by atoms with Gasteiger partial charge in [-0.3, -0.25) is 14.2 Å². The number of benzene rings is 1. The molecule has 0 spiro atoms. The van der Waals surface area contributed by atoms with E-state index >= 15 is 0 Å². The molecule has 1 aliphatic rings. The topological polar surface area (TPSA) is 64.4 Å². The number of hydrogen-bond acceptors (Lipinski definition) is 4. The Morgan fingerprint density at radius 2 is 1.88 bits per heavy atom. The lowest BCUT2D eigenvalue weighted by molar-refractivity contribution is -0.143. The molecule has 6 nitrogen and oxygen atoms in total. The standard InChI is InChI=1S/C18H21N3O3/c1-13-9-20(10-14(2)24-13)18(23)11-21-12-19-16(8-17(21)22)15-6-4-3-5-7-15/h3-8,12-14H,9-11H2,1-2H3/t13-,14-/m1/s1. The van der Waals surface area contributed by atoms with Crippen LogP contribution in [0.5, 0.6) is 0 Å². The number of morpholine rings is 1. The molecule has 0 radical (unpaired) electrons. The van der Waals surface area contributed by atoms with Crippen LogP contribution in [-0.2, 0) is 16.1 Å². The van der Waals surface area contributed by atoms with E-state index in [-0.39, 0.29) is 30.2 Å². The molecular formula is C18H21N3O3. The number of nitrogens with zero attached hydrogens (tertiary/aromatic N) is 3. The van der Waals surface area contributed by atoms with Crippen molar-refractivity contribution in [2.75, 3.05) is 13.1 Å². The number of rotatable bonds is 3. The lowest BCUT2D eigenvalue weighted by Crippen LogP contribution is -2.49. The van der Waals surface area contributed by atoms with Crippen LogP contribution in [0.3, 0.4) is 0 Å². The largest absolute Gasteiger partial charge is 0.372 e. The van der Waals surface area contributed by atoms with E-state index in [2.05, 4.69) is 4.98 Å². The van der Waals surface area contributed by atoms with Crippen molar-refractivity contribution < 1.29 is 9.53 Å². The second kappa shape index (κ2) is 6.97. The van der Waals surface area contributed by atoms with Crippen LogP contribution < -0.4 is 5.56 Å². The average Bonchev–Trinajstić information content (AvgIpc) is 2.56. The molecule has 0 aliphatic carbocycles. The highest BCUT2D eigenvalue weighted by Gasteiger charge is 2.26. The van der Waals surface area contributed by atoms with Crippen LogP contribution >= 0.6 is 0 Å². The van der Waals surface area contributed by atoms with Crippen LogP contribution in [0.4, 0.5) is 0 Å². The number of carbonyl (C=O) groups excluding carboxylic acids is 1. The molecule has 1 aromatic carbocycles. The van der Waals surface area contributed by atoms with Crippen LogP contribution in [0.25, 0.3) is 11.3 Å². The highest BCUT2D eigenvalue weighted by molar-refractivity contribution is 5.76. The fourth-order valence-corrected chi connectivity index (χ4v) is 2.94. The van der Waals surface area contributed by atoms with Gasteiger partial charge in [-0.1, -0.05) is 30.3 Å². The Labute approximate surface area is 140 Å². The lowest BCUT2D eigenvalue weighted by Gasteiger charge is -2.35. The van der Waals surface area contributed by atoms with Crippen molar-refractivity contribution in [3.63, 3.8) is 0 Å². The van der Waals surface area contributed by atoms with Gasteiger partial charge in [0.25, 0.3) is 5.56 Å². The summed E-state index contributed by atoms with van der Waals surface area (Å²) in [6, 6.07) is 11.0. The van der Waals surface area contributed by atoms with E-state index in [4.69, 9.17) is 4.74 Å². The Kier molecular flexibility index (Phi) is 4.76. The zero-order valence-corrected chi connectivity index (χ0v) is 13.9. The van der Waals surface area contributed by atoms with E-state index in [0.717, 1.165) is 5.56 Å². The van der Waals surface area contributed by atoms with Crippen LogP contribution in [0.2, 0.25) is 0 Å². The van der Waals surface area contributed by atoms with Crippen molar-refractivity contribution in [2.24, 2.45) is 0 Å². The van der Waals surface area contributed by atoms with E-state index in [1.807, 2.05) is 44.2 Å². The minimum Gasteiger partial charge on any atom is -0.372 e. The van der Waals surface area contributed by atoms with Crippen LogP contribution in [0, 0.1) is 0 Å². The molecule has 1 fully saturated rings. The van der Waals surface area contributed by atoms with Gasteiger partial charge in [0.2, 0.25) is 5.91 Å². The monoisotopic (exact) mass is 327 g/mol. The number of hydrogen-bond donors (Lipinski definition) is 0. The number of ether oxygens (including phenoxy) is 1. The first-order chi connectivity index (χ1) is 11.5. The van der Waals surface area contributed by atoms with Crippen molar-refractivity contribution in [1.29, 1.82) is 0 Å². The van der Waals surface area contributed by atoms with Gasteiger partial charge in [0.15, 0.2) is 0 Å². The molecule has 2 atom stereocenters. The Balaban J connectivity index is 1.74. The van der Waals surface area contributed by atoms with Gasteiger partial charge in [0, 0.05) is 24.7 Å². The second-order valence-electron chi connectivity index (χ2n) is 6.16. The van der Waals surface area contributed by atoms with Crippen LogP contribution in [-0.4, -0.2) is 45.7 Å². The van der Waals surface area contributed by atoms with Gasteiger partial charge in [-0.05, 0) is 13.8 Å². The molecule has 2 aromatic rings. The minimum atomic E-state index is -0.230. The van der Waals surface area contributed by atoms with Crippen molar-refractivity contribution in [3.8, 4) is 11.3 Å². The molecule has 1 amide bonds. The molecule has 0 unspecified atom stereocenters. The first kappa shape index (κ1) is 16.4. The third-order valence-electron chi connectivity index (χ3n) is 4.03. The fraction of sp³-hybridized carbons (Fsp3) is 0.389. The SMILES string of the molecule is C[C@@H]1CN(C(=O)Cn2cnc(-c3ccccc3)cc2=O)C[C@@H](C)O1. The van der Waals surface area contributed by atoms with E-state index in [1.54, 1.807) is 4.90 Å².